The first-order valence-corrected chi connectivity index (χ1v) is 4.83. The minimum absolute atomic E-state index is 0.0522. The molecule has 0 heterocycles. The van der Waals surface area contributed by atoms with E-state index in [2.05, 4.69) is 20.8 Å². The minimum Gasteiger partial charge on any atom is -0.317 e. The van der Waals surface area contributed by atoms with Gasteiger partial charge in [-0.3, -0.25) is 0 Å². The summed E-state index contributed by atoms with van der Waals surface area (Å²) in [6.07, 6.45) is -0.431. The Hall–Kier alpha value is -0.950. The summed E-state index contributed by atoms with van der Waals surface area (Å²) in [7, 11) is 0. The van der Waals surface area contributed by atoms with E-state index < -0.39 is 12.3 Å². The van der Waals surface area contributed by atoms with Crippen LogP contribution in [0, 0.1) is 6.57 Å². The Labute approximate surface area is 89.7 Å². The van der Waals surface area contributed by atoms with E-state index >= 15 is 0 Å². The molecule has 1 nitrogen and oxygen atoms in total. The Morgan fingerprint density at radius 2 is 2.00 bits per heavy atom. The number of rotatable bonds is 3. The second-order valence-corrected chi connectivity index (χ2v) is 3.67. The summed E-state index contributed by atoms with van der Waals surface area (Å²) in [5.74, 6) is -2.93. The van der Waals surface area contributed by atoms with E-state index in [1.54, 1.807) is 18.2 Å². The van der Waals surface area contributed by atoms with Crippen LogP contribution in [0.25, 0.3) is 4.85 Å². The van der Waals surface area contributed by atoms with Gasteiger partial charge in [0.1, 0.15) is 0 Å². The van der Waals surface area contributed by atoms with Gasteiger partial charge < -0.3 is 4.85 Å². The van der Waals surface area contributed by atoms with E-state index in [0.717, 1.165) is 0 Å². The SMILES string of the molecule is [C-]#[N+]CCC(F)(F)c1ccccc1Br. The number of hydrogen-bond donors (Lipinski definition) is 0. The lowest BCUT2D eigenvalue weighted by Crippen LogP contribution is -2.15. The lowest BCUT2D eigenvalue weighted by molar-refractivity contribution is -0.00965. The summed E-state index contributed by atoms with van der Waals surface area (Å²) in [5, 5.41) is 0. The van der Waals surface area contributed by atoms with Gasteiger partial charge in [0, 0.05) is 10.0 Å². The number of benzene rings is 1. The van der Waals surface area contributed by atoms with Crippen molar-refractivity contribution in [3.05, 3.63) is 45.7 Å². The van der Waals surface area contributed by atoms with Crippen LogP contribution >= 0.6 is 15.9 Å². The Morgan fingerprint density at radius 1 is 1.36 bits per heavy atom. The van der Waals surface area contributed by atoms with Gasteiger partial charge in [-0.1, -0.05) is 34.1 Å². The molecule has 0 bridgehead atoms. The zero-order chi connectivity index (χ0) is 10.6. The van der Waals surface area contributed by atoms with E-state index in [-0.39, 0.29) is 12.1 Å². The highest BCUT2D eigenvalue weighted by Gasteiger charge is 2.34. The summed E-state index contributed by atoms with van der Waals surface area (Å²) in [5.41, 5.74) is -0.0522. The van der Waals surface area contributed by atoms with Crippen LogP contribution in [-0.4, -0.2) is 6.54 Å². The number of halogens is 3. The Bertz CT molecular complexity index is 357. The first kappa shape index (κ1) is 11.1. The van der Waals surface area contributed by atoms with Crippen molar-refractivity contribution in [3.8, 4) is 0 Å². The first-order valence-electron chi connectivity index (χ1n) is 4.04. The molecule has 1 aromatic rings. The summed E-state index contributed by atoms with van der Waals surface area (Å²) in [4.78, 5) is 2.93. The molecule has 0 aromatic heterocycles. The van der Waals surface area contributed by atoms with Gasteiger partial charge in [-0.2, -0.15) is 0 Å². The summed E-state index contributed by atoms with van der Waals surface area (Å²) in [6.45, 7) is 6.32. The summed E-state index contributed by atoms with van der Waals surface area (Å²) in [6, 6.07) is 6.18. The third-order valence-electron chi connectivity index (χ3n) is 1.81. The largest absolute Gasteiger partial charge is 0.317 e. The van der Waals surface area contributed by atoms with Crippen molar-refractivity contribution in [2.24, 2.45) is 0 Å². The molecule has 1 aromatic carbocycles. The van der Waals surface area contributed by atoms with Crippen molar-refractivity contribution in [2.45, 2.75) is 12.3 Å². The molecule has 0 radical (unpaired) electrons. The molecule has 0 saturated carbocycles. The average molecular weight is 260 g/mol. The van der Waals surface area contributed by atoms with E-state index in [9.17, 15) is 8.78 Å². The van der Waals surface area contributed by atoms with Crippen molar-refractivity contribution in [3.63, 3.8) is 0 Å². The minimum atomic E-state index is -2.93. The maximum absolute atomic E-state index is 13.4. The van der Waals surface area contributed by atoms with E-state index in [1.807, 2.05) is 0 Å². The van der Waals surface area contributed by atoms with Crippen molar-refractivity contribution in [1.82, 2.24) is 0 Å². The normalized spacial score (nSPS) is 11.0. The predicted octanol–water partition coefficient (Wildman–Crippen LogP) is 3.85. The van der Waals surface area contributed by atoms with Crippen LogP contribution in [0.4, 0.5) is 8.78 Å². The van der Waals surface area contributed by atoms with Crippen LogP contribution in [0.3, 0.4) is 0 Å². The molecule has 1 rings (SSSR count). The third-order valence-corrected chi connectivity index (χ3v) is 2.50. The maximum Gasteiger partial charge on any atom is 0.281 e. The smallest absolute Gasteiger partial charge is 0.281 e. The number of alkyl halides is 2. The van der Waals surface area contributed by atoms with Gasteiger partial charge in [-0.25, -0.2) is 15.4 Å². The van der Waals surface area contributed by atoms with Crippen molar-refractivity contribution < 1.29 is 8.78 Å². The monoisotopic (exact) mass is 259 g/mol. The molecule has 0 spiro atoms. The predicted molar refractivity (Wildman–Crippen MR) is 54.1 cm³/mol. The molecule has 14 heavy (non-hydrogen) atoms. The van der Waals surface area contributed by atoms with Crippen molar-refractivity contribution in [2.75, 3.05) is 6.54 Å². The molecule has 0 atom stereocenters. The van der Waals surface area contributed by atoms with Gasteiger partial charge in [0.05, 0.1) is 6.42 Å². The molecular weight excluding hydrogens is 252 g/mol. The van der Waals surface area contributed by atoms with Crippen LogP contribution in [-0.2, 0) is 5.92 Å². The fourth-order valence-corrected chi connectivity index (χ4v) is 1.66. The lowest BCUT2D eigenvalue weighted by atomic mass is 10.1. The molecule has 0 amide bonds. The van der Waals surface area contributed by atoms with Gasteiger partial charge >= 0.3 is 0 Å². The highest BCUT2D eigenvalue weighted by Crippen LogP contribution is 2.36. The molecule has 0 saturated heterocycles. The fourth-order valence-electron chi connectivity index (χ4n) is 1.09. The molecule has 0 N–H and O–H groups in total. The number of hydrogen-bond acceptors (Lipinski definition) is 0. The molecule has 74 valence electrons. The van der Waals surface area contributed by atoms with Gasteiger partial charge in [0.15, 0.2) is 0 Å². The van der Waals surface area contributed by atoms with E-state index in [1.165, 1.54) is 6.07 Å². The van der Waals surface area contributed by atoms with E-state index in [4.69, 9.17) is 6.57 Å². The zero-order valence-electron chi connectivity index (χ0n) is 7.30. The highest BCUT2D eigenvalue weighted by atomic mass is 79.9. The van der Waals surface area contributed by atoms with Crippen molar-refractivity contribution >= 4 is 15.9 Å². The van der Waals surface area contributed by atoms with Gasteiger partial charge in [-0.05, 0) is 6.07 Å². The molecule has 0 aliphatic rings. The third kappa shape index (κ3) is 2.52. The second kappa shape index (κ2) is 4.52. The first-order chi connectivity index (χ1) is 6.58. The Balaban J connectivity index is 2.92. The van der Waals surface area contributed by atoms with Gasteiger partial charge in [-0.15, -0.1) is 0 Å². The van der Waals surface area contributed by atoms with Gasteiger partial charge in [0.25, 0.3) is 5.92 Å². The fraction of sp³-hybridized carbons (Fsp3) is 0.300. The molecule has 0 fully saturated rings. The molecular formula is C10H8BrF2N. The lowest BCUT2D eigenvalue weighted by Gasteiger charge is -2.15. The standard InChI is InChI=1S/C10H8BrF2N/c1-14-7-6-10(12,13)8-4-2-3-5-9(8)11/h2-5H,6-7H2. The second-order valence-electron chi connectivity index (χ2n) is 2.82. The summed E-state index contributed by atoms with van der Waals surface area (Å²) >= 11 is 3.07. The zero-order valence-corrected chi connectivity index (χ0v) is 8.89. The Kier molecular flexibility index (Phi) is 3.59. The molecule has 0 unspecified atom stereocenters. The van der Waals surface area contributed by atoms with Crippen LogP contribution in [0.15, 0.2) is 28.7 Å². The van der Waals surface area contributed by atoms with E-state index in [0.29, 0.717) is 4.47 Å². The topological polar surface area (TPSA) is 4.36 Å². The molecule has 4 heteroatoms. The summed E-state index contributed by atoms with van der Waals surface area (Å²) < 4.78 is 27.2. The van der Waals surface area contributed by atoms with Crippen LogP contribution in [0.2, 0.25) is 0 Å². The van der Waals surface area contributed by atoms with Crippen LogP contribution < -0.4 is 0 Å². The Morgan fingerprint density at radius 3 is 2.57 bits per heavy atom. The maximum atomic E-state index is 13.4. The highest BCUT2D eigenvalue weighted by molar-refractivity contribution is 9.10. The van der Waals surface area contributed by atoms with Crippen LogP contribution in [0.5, 0.6) is 0 Å². The number of nitrogens with zero attached hydrogens (tertiary/aromatic N) is 1. The average Bonchev–Trinajstić information content (AvgIpc) is 2.15. The quantitative estimate of drug-likeness (QED) is 0.727. The molecule has 0 aliphatic carbocycles. The van der Waals surface area contributed by atoms with Crippen molar-refractivity contribution in [1.29, 1.82) is 0 Å². The molecule has 0 aliphatic heterocycles. The van der Waals surface area contributed by atoms with Crippen LogP contribution in [0.1, 0.15) is 12.0 Å². The van der Waals surface area contributed by atoms with Gasteiger partial charge in [0.2, 0.25) is 6.54 Å².